The zero-order valence-corrected chi connectivity index (χ0v) is 11.5. The fourth-order valence-electron chi connectivity index (χ4n) is 3.08. The van der Waals surface area contributed by atoms with Gasteiger partial charge in [-0.1, -0.05) is 25.7 Å². The second kappa shape index (κ2) is 6.37. The first kappa shape index (κ1) is 14.3. The fraction of sp³-hybridized carbons (Fsp3) is 0.857. The van der Waals surface area contributed by atoms with E-state index in [4.69, 9.17) is 9.84 Å². The molecule has 1 unspecified atom stereocenters. The van der Waals surface area contributed by atoms with Gasteiger partial charge in [-0.25, -0.2) is 4.79 Å². The molecule has 0 radical (unpaired) electrons. The smallest absolute Gasteiger partial charge is 0.334 e. The molecule has 19 heavy (non-hydrogen) atoms. The summed E-state index contributed by atoms with van der Waals surface area (Å²) < 4.78 is 5.31. The lowest BCUT2D eigenvalue weighted by molar-refractivity contribution is -0.166. The summed E-state index contributed by atoms with van der Waals surface area (Å²) in [5.41, 5.74) is 0. The van der Waals surface area contributed by atoms with Crippen molar-refractivity contribution in [1.29, 1.82) is 0 Å². The first-order chi connectivity index (χ1) is 9.06. The van der Waals surface area contributed by atoms with Crippen LogP contribution in [0.5, 0.6) is 0 Å². The summed E-state index contributed by atoms with van der Waals surface area (Å²) in [6, 6.07) is 0. The summed E-state index contributed by atoms with van der Waals surface area (Å²) >= 11 is 0. The first-order valence-corrected chi connectivity index (χ1v) is 7.22. The van der Waals surface area contributed by atoms with Gasteiger partial charge < -0.3 is 14.7 Å². The average molecular weight is 269 g/mol. The summed E-state index contributed by atoms with van der Waals surface area (Å²) in [4.78, 5) is 24.8. The molecule has 2 atom stereocenters. The van der Waals surface area contributed by atoms with Crippen molar-refractivity contribution in [2.45, 2.75) is 57.7 Å². The normalized spacial score (nSPS) is 28.6. The number of carbonyl (C=O) groups excluding carboxylic acids is 1. The maximum atomic E-state index is 12.1. The molecule has 108 valence electrons. The van der Waals surface area contributed by atoms with E-state index >= 15 is 0 Å². The van der Waals surface area contributed by atoms with E-state index in [0.29, 0.717) is 18.9 Å². The highest BCUT2D eigenvalue weighted by Crippen LogP contribution is 2.28. The molecule has 2 aliphatic rings. The van der Waals surface area contributed by atoms with Gasteiger partial charge in [-0.05, 0) is 19.3 Å². The van der Waals surface area contributed by atoms with E-state index in [9.17, 15) is 9.59 Å². The Morgan fingerprint density at radius 2 is 1.95 bits per heavy atom. The van der Waals surface area contributed by atoms with Crippen LogP contribution in [0.2, 0.25) is 0 Å². The van der Waals surface area contributed by atoms with Crippen LogP contribution in [0.3, 0.4) is 0 Å². The standard InChI is InChI=1S/C14H23NO4/c1-10-8-15(9-12(19-10)14(17)18)13(16)7-6-11-4-2-3-5-11/h10-12H,2-9H2,1H3,(H,17,18)/t10-,12?/m1/s1. The Morgan fingerprint density at radius 1 is 1.26 bits per heavy atom. The Labute approximate surface area is 113 Å². The molecular formula is C14H23NO4. The van der Waals surface area contributed by atoms with E-state index in [0.717, 1.165) is 6.42 Å². The Morgan fingerprint density at radius 3 is 2.58 bits per heavy atom. The molecule has 1 N–H and O–H groups in total. The van der Waals surface area contributed by atoms with Crippen molar-refractivity contribution in [2.24, 2.45) is 5.92 Å². The quantitative estimate of drug-likeness (QED) is 0.843. The van der Waals surface area contributed by atoms with E-state index in [-0.39, 0.29) is 18.6 Å². The fourth-order valence-corrected chi connectivity index (χ4v) is 3.08. The van der Waals surface area contributed by atoms with Crippen LogP contribution in [0.15, 0.2) is 0 Å². The second-order valence-electron chi connectivity index (χ2n) is 5.76. The molecule has 0 aromatic rings. The lowest BCUT2D eigenvalue weighted by atomic mass is 10.0. The largest absolute Gasteiger partial charge is 0.479 e. The molecule has 2 fully saturated rings. The van der Waals surface area contributed by atoms with Gasteiger partial charge in [0.05, 0.1) is 12.6 Å². The van der Waals surface area contributed by atoms with Crippen LogP contribution >= 0.6 is 0 Å². The number of amides is 1. The number of nitrogens with zero attached hydrogens (tertiary/aromatic N) is 1. The van der Waals surface area contributed by atoms with Crippen LogP contribution in [-0.4, -0.2) is 47.2 Å². The molecule has 5 nitrogen and oxygen atoms in total. The zero-order valence-electron chi connectivity index (χ0n) is 11.5. The first-order valence-electron chi connectivity index (χ1n) is 7.22. The van der Waals surface area contributed by atoms with Crippen molar-refractivity contribution in [1.82, 2.24) is 4.90 Å². The summed E-state index contributed by atoms with van der Waals surface area (Å²) in [6.45, 7) is 2.50. The molecule has 1 saturated heterocycles. The number of carbonyl (C=O) groups is 2. The molecule has 0 aromatic carbocycles. The molecule has 1 aliphatic heterocycles. The van der Waals surface area contributed by atoms with Gasteiger partial charge in [-0.2, -0.15) is 0 Å². The summed E-state index contributed by atoms with van der Waals surface area (Å²) in [7, 11) is 0. The van der Waals surface area contributed by atoms with Gasteiger partial charge in [-0.15, -0.1) is 0 Å². The van der Waals surface area contributed by atoms with Crippen molar-refractivity contribution in [3.8, 4) is 0 Å². The van der Waals surface area contributed by atoms with Crippen molar-refractivity contribution >= 4 is 11.9 Å². The number of hydrogen-bond acceptors (Lipinski definition) is 3. The molecule has 1 saturated carbocycles. The van der Waals surface area contributed by atoms with Gasteiger partial charge >= 0.3 is 5.97 Å². The third kappa shape index (κ3) is 3.93. The topological polar surface area (TPSA) is 66.8 Å². The monoisotopic (exact) mass is 269 g/mol. The Balaban J connectivity index is 1.81. The number of hydrogen-bond donors (Lipinski definition) is 1. The third-order valence-corrected chi connectivity index (χ3v) is 4.13. The Hall–Kier alpha value is -1.10. The van der Waals surface area contributed by atoms with Crippen molar-refractivity contribution in [3.05, 3.63) is 0 Å². The zero-order chi connectivity index (χ0) is 13.8. The van der Waals surface area contributed by atoms with Crippen LogP contribution in [0.25, 0.3) is 0 Å². The minimum Gasteiger partial charge on any atom is -0.479 e. The molecule has 1 heterocycles. The minimum absolute atomic E-state index is 0.0771. The molecule has 2 rings (SSSR count). The lowest BCUT2D eigenvalue weighted by Crippen LogP contribution is -2.51. The minimum atomic E-state index is -0.986. The number of carboxylic acids is 1. The summed E-state index contributed by atoms with van der Waals surface area (Å²) in [5, 5.41) is 9.00. The Kier molecular flexibility index (Phi) is 4.80. The number of morpholine rings is 1. The summed E-state index contributed by atoms with van der Waals surface area (Å²) in [5.74, 6) is -0.217. The van der Waals surface area contributed by atoms with Crippen molar-refractivity contribution in [3.63, 3.8) is 0 Å². The van der Waals surface area contributed by atoms with Crippen molar-refractivity contribution in [2.75, 3.05) is 13.1 Å². The van der Waals surface area contributed by atoms with Gasteiger partial charge in [0, 0.05) is 13.0 Å². The van der Waals surface area contributed by atoms with Crippen LogP contribution in [0.1, 0.15) is 45.4 Å². The molecule has 1 amide bonds. The predicted octanol–water partition coefficient (Wildman–Crippen LogP) is 1.66. The van der Waals surface area contributed by atoms with Crippen molar-refractivity contribution < 1.29 is 19.4 Å². The molecule has 0 spiro atoms. The Bertz CT molecular complexity index is 338. The molecule has 0 aromatic heterocycles. The van der Waals surface area contributed by atoms with Gasteiger partial charge in [0.25, 0.3) is 0 Å². The van der Waals surface area contributed by atoms with E-state index < -0.39 is 12.1 Å². The SMILES string of the molecule is C[C@@H]1CN(C(=O)CCC2CCCC2)CC(C(=O)O)O1. The maximum absolute atomic E-state index is 12.1. The molecule has 1 aliphatic carbocycles. The maximum Gasteiger partial charge on any atom is 0.334 e. The van der Waals surface area contributed by atoms with E-state index in [1.807, 2.05) is 6.92 Å². The van der Waals surface area contributed by atoms with Crippen LogP contribution in [0.4, 0.5) is 0 Å². The second-order valence-corrected chi connectivity index (χ2v) is 5.76. The van der Waals surface area contributed by atoms with E-state index in [1.54, 1.807) is 4.90 Å². The number of rotatable bonds is 4. The highest BCUT2D eigenvalue weighted by Gasteiger charge is 2.32. The third-order valence-electron chi connectivity index (χ3n) is 4.13. The van der Waals surface area contributed by atoms with Gasteiger partial charge in [0.1, 0.15) is 0 Å². The van der Waals surface area contributed by atoms with Crippen LogP contribution < -0.4 is 0 Å². The predicted molar refractivity (Wildman–Crippen MR) is 69.7 cm³/mol. The van der Waals surface area contributed by atoms with Crippen LogP contribution in [0, 0.1) is 5.92 Å². The van der Waals surface area contributed by atoms with Gasteiger partial charge in [0.2, 0.25) is 5.91 Å². The van der Waals surface area contributed by atoms with E-state index in [1.165, 1.54) is 25.7 Å². The van der Waals surface area contributed by atoms with E-state index in [2.05, 4.69) is 0 Å². The number of carboxylic acid groups (broad SMARTS) is 1. The summed E-state index contributed by atoms with van der Waals surface area (Å²) in [6.07, 6.45) is 5.47. The highest BCUT2D eigenvalue weighted by atomic mass is 16.5. The molecule has 0 bridgehead atoms. The lowest BCUT2D eigenvalue weighted by Gasteiger charge is -2.35. The average Bonchev–Trinajstić information content (AvgIpc) is 2.88. The van der Waals surface area contributed by atoms with Gasteiger partial charge in [-0.3, -0.25) is 4.79 Å². The number of ether oxygens (including phenoxy) is 1. The molecule has 5 heteroatoms. The van der Waals surface area contributed by atoms with Gasteiger partial charge in [0.15, 0.2) is 6.10 Å². The highest BCUT2D eigenvalue weighted by molar-refractivity contribution is 5.78. The molecular weight excluding hydrogens is 246 g/mol. The van der Waals surface area contributed by atoms with Crippen LogP contribution in [-0.2, 0) is 14.3 Å². The number of aliphatic carboxylic acids is 1.